The molecule has 0 saturated carbocycles. The van der Waals surface area contributed by atoms with E-state index in [1.54, 1.807) is 6.20 Å². The quantitative estimate of drug-likeness (QED) is 0.414. The fraction of sp³-hybridized carbons (Fsp3) is 0.300. The Labute approximate surface area is 87.9 Å². The molecule has 1 unspecified atom stereocenters. The molecule has 5 heteroatoms. The van der Waals surface area contributed by atoms with Crippen LogP contribution in [0.15, 0.2) is 18.3 Å². The molecule has 0 spiro atoms. The van der Waals surface area contributed by atoms with Gasteiger partial charge in [-0.2, -0.15) is 5.26 Å². The number of aryl methyl sites for hydroxylation is 1. The Balaban J connectivity index is 2.72. The van der Waals surface area contributed by atoms with Crippen LogP contribution >= 0.6 is 0 Å². The van der Waals surface area contributed by atoms with E-state index in [1.165, 1.54) is 0 Å². The topological polar surface area (TPSA) is 91.8 Å². The van der Waals surface area contributed by atoms with Gasteiger partial charge in [0, 0.05) is 11.9 Å². The van der Waals surface area contributed by atoms with Gasteiger partial charge in [0.15, 0.2) is 0 Å². The lowest BCUT2D eigenvalue weighted by Crippen LogP contribution is -2.36. The molecular formula is C10H12N4O. The van der Waals surface area contributed by atoms with Crippen LogP contribution in [-0.2, 0) is 11.2 Å². The largest absolute Gasteiger partial charge is 0.293 e. The Kier molecular flexibility index (Phi) is 3.77. The van der Waals surface area contributed by atoms with Crippen molar-refractivity contribution in [2.45, 2.75) is 13.3 Å². The Bertz CT molecular complexity index is 379. The zero-order valence-corrected chi connectivity index (χ0v) is 8.40. The number of nitrogens with two attached hydrogens (primary N) is 1. The number of nitriles is 1. The van der Waals surface area contributed by atoms with Gasteiger partial charge in [0.05, 0.1) is 6.07 Å². The van der Waals surface area contributed by atoms with Crippen molar-refractivity contribution < 1.29 is 4.79 Å². The highest BCUT2D eigenvalue weighted by atomic mass is 16.2. The van der Waals surface area contributed by atoms with Gasteiger partial charge in [-0.3, -0.25) is 15.2 Å². The average Bonchev–Trinajstić information content (AvgIpc) is 2.27. The van der Waals surface area contributed by atoms with Crippen LogP contribution in [0.25, 0.3) is 0 Å². The van der Waals surface area contributed by atoms with Crippen molar-refractivity contribution in [3.8, 4) is 6.07 Å². The number of rotatable bonds is 3. The number of hydrazine groups is 1. The Morgan fingerprint density at radius 1 is 1.73 bits per heavy atom. The molecule has 1 aromatic heterocycles. The monoisotopic (exact) mass is 204 g/mol. The van der Waals surface area contributed by atoms with Crippen LogP contribution in [-0.4, -0.2) is 10.9 Å². The molecule has 0 saturated heterocycles. The van der Waals surface area contributed by atoms with Gasteiger partial charge in [0.25, 0.3) is 5.91 Å². The summed E-state index contributed by atoms with van der Waals surface area (Å²) in [4.78, 5) is 15.2. The highest BCUT2D eigenvalue weighted by molar-refractivity contribution is 5.80. The van der Waals surface area contributed by atoms with Gasteiger partial charge in [-0.05, 0) is 25.0 Å². The standard InChI is InChI=1S/C10H12N4O/c1-7-2-3-8(6-13-7)4-9(5-11)10(15)14-12/h2-3,6,9H,4,12H2,1H3,(H,14,15). The number of aromatic nitrogens is 1. The first kappa shape index (κ1) is 11.1. The Morgan fingerprint density at radius 3 is 2.93 bits per heavy atom. The van der Waals surface area contributed by atoms with Crippen molar-refractivity contribution in [1.29, 1.82) is 5.26 Å². The van der Waals surface area contributed by atoms with Crippen LogP contribution in [0.2, 0.25) is 0 Å². The van der Waals surface area contributed by atoms with Crippen LogP contribution in [0.5, 0.6) is 0 Å². The van der Waals surface area contributed by atoms with Crippen molar-refractivity contribution in [3.05, 3.63) is 29.6 Å². The first-order chi connectivity index (χ1) is 7.17. The average molecular weight is 204 g/mol. The van der Waals surface area contributed by atoms with E-state index in [0.29, 0.717) is 6.42 Å². The van der Waals surface area contributed by atoms with E-state index in [9.17, 15) is 4.79 Å². The van der Waals surface area contributed by atoms with E-state index in [0.717, 1.165) is 11.3 Å². The highest BCUT2D eigenvalue weighted by Crippen LogP contribution is 2.07. The maximum Gasteiger partial charge on any atom is 0.251 e. The molecule has 0 aliphatic rings. The predicted octanol–water partition coefficient (Wildman–Crippen LogP) is 0.0622. The zero-order valence-electron chi connectivity index (χ0n) is 8.40. The summed E-state index contributed by atoms with van der Waals surface area (Å²) in [6.45, 7) is 1.87. The Hall–Kier alpha value is -1.93. The minimum atomic E-state index is -0.764. The van der Waals surface area contributed by atoms with E-state index in [-0.39, 0.29) is 0 Å². The fourth-order valence-electron chi connectivity index (χ4n) is 1.15. The van der Waals surface area contributed by atoms with Crippen LogP contribution < -0.4 is 11.3 Å². The van der Waals surface area contributed by atoms with Gasteiger partial charge < -0.3 is 0 Å². The summed E-state index contributed by atoms with van der Waals surface area (Å²) < 4.78 is 0. The third-order valence-corrected chi connectivity index (χ3v) is 2.03. The summed E-state index contributed by atoms with van der Waals surface area (Å²) in [6, 6.07) is 5.58. The summed E-state index contributed by atoms with van der Waals surface area (Å²) in [5.41, 5.74) is 3.71. The molecule has 1 rings (SSSR count). The van der Waals surface area contributed by atoms with Crippen LogP contribution in [0.3, 0.4) is 0 Å². The van der Waals surface area contributed by atoms with Crippen molar-refractivity contribution in [1.82, 2.24) is 10.4 Å². The van der Waals surface area contributed by atoms with E-state index in [4.69, 9.17) is 11.1 Å². The van der Waals surface area contributed by atoms with Crippen molar-refractivity contribution >= 4 is 5.91 Å². The van der Waals surface area contributed by atoms with Gasteiger partial charge in [0.1, 0.15) is 5.92 Å². The van der Waals surface area contributed by atoms with Crippen molar-refractivity contribution in [3.63, 3.8) is 0 Å². The molecule has 0 radical (unpaired) electrons. The van der Waals surface area contributed by atoms with Crippen LogP contribution in [0.4, 0.5) is 0 Å². The lowest BCUT2D eigenvalue weighted by Gasteiger charge is -2.06. The third kappa shape index (κ3) is 3.04. The molecule has 0 bridgehead atoms. The number of carbonyl (C=O) groups is 1. The lowest BCUT2D eigenvalue weighted by atomic mass is 10.0. The fourth-order valence-corrected chi connectivity index (χ4v) is 1.15. The molecule has 0 aliphatic heterocycles. The molecule has 3 N–H and O–H groups in total. The van der Waals surface area contributed by atoms with Crippen molar-refractivity contribution in [2.24, 2.45) is 11.8 Å². The molecule has 1 atom stereocenters. The smallest absolute Gasteiger partial charge is 0.251 e. The van der Waals surface area contributed by atoms with Gasteiger partial charge in [-0.15, -0.1) is 0 Å². The summed E-state index contributed by atoms with van der Waals surface area (Å²) in [6.07, 6.45) is 1.98. The van der Waals surface area contributed by atoms with E-state index >= 15 is 0 Å². The van der Waals surface area contributed by atoms with Gasteiger partial charge in [-0.1, -0.05) is 6.07 Å². The SMILES string of the molecule is Cc1ccc(CC(C#N)C(=O)NN)cn1. The summed E-state index contributed by atoms with van der Waals surface area (Å²) in [7, 11) is 0. The normalized spacial score (nSPS) is 11.5. The second kappa shape index (κ2) is 5.08. The summed E-state index contributed by atoms with van der Waals surface area (Å²) in [5.74, 6) is 3.72. The number of nitrogens with one attached hydrogen (secondary N) is 1. The molecule has 1 amide bonds. The molecule has 0 aromatic carbocycles. The summed E-state index contributed by atoms with van der Waals surface area (Å²) >= 11 is 0. The van der Waals surface area contributed by atoms with Crippen LogP contribution in [0.1, 0.15) is 11.3 Å². The molecule has 15 heavy (non-hydrogen) atoms. The Morgan fingerprint density at radius 2 is 2.47 bits per heavy atom. The van der Waals surface area contributed by atoms with E-state index in [2.05, 4.69) is 4.98 Å². The van der Waals surface area contributed by atoms with E-state index in [1.807, 2.05) is 30.6 Å². The predicted molar refractivity (Wildman–Crippen MR) is 54.1 cm³/mol. The number of hydrogen-bond donors (Lipinski definition) is 2. The zero-order chi connectivity index (χ0) is 11.3. The maximum absolute atomic E-state index is 11.1. The van der Waals surface area contributed by atoms with Gasteiger partial charge in [-0.25, -0.2) is 5.84 Å². The first-order valence-corrected chi connectivity index (χ1v) is 4.49. The second-order valence-electron chi connectivity index (χ2n) is 3.20. The minimum Gasteiger partial charge on any atom is -0.293 e. The number of carbonyl (C=O) groups excluding carboxylic acids is 1. The highest BCUT2D eigenvalue weighted by Gasteiger charge is 2.17. The number of amides is 1. The lowest BCUT2D eigenvalue weighted by molar-refractivity contribution is -0.123. The molecule has 78 valence electrons. The second-order valence-corrected chi connectivity index (χ2v) is 3.20. The number of nitrogens with zero attached hydrogens (tertiary/aromatic N) is 2. The van der Waals surface area contributed by atoms with Gasteiger partial charge >= 0.3 is 0 Å². The van der Waals surface area contributed by atoms with E-state index < -0.39 is 11.8 Å². The molecule has 1 heterocycles. The first-order valence-electron chi connectivity index (χ1n) is 4.49. The minimum absolute atomic E-state index is 0.326. The third-order valence-electron chi connectivity index (χ3n) is 2.03. The molecule has 1 aromatic rings. The van der Waals surface area contributed by atoms with Crippen molar-refractivity contribution in [2.75, 3.05) is 0 Å². The van der Waals surface area contributed by atoms with Gasteiger partial charge in [0.2, 0.25) is 0 Å². The number of pyridine rings is 1. The number of hydrogen-bond acceptors (Lipinski definition) is 4. The van der Waals surface area contributed by atoms with Crippen LogP contribution in [0, 0.1) is 24.2 Å². The molecular weight excluding hydrogens is 192 g/mol. The summed E-state index contributed by atoms with van der Waals surface area (Å²) in [5, 5.41) is 8.76. The maximum atomic E-state index is 11.1. The molecule has 0 fully saturated rings. The molecule has 0 aliphatic carbocycles. The molecule has 5 nitrogen and oxygen atoms in total.